The van der Waals surface area contributed by atoms with Crippen molar-refractivity contribution in [2.45, 2.75) is 32.0 Å². The first-order chi connectivity index (χ1) is 17.1. The Bertz CT molecular complexity index is 1100. The molecule has 0 bridgehead atoms. The molecule has 0 aliphatic carbocycles. The lowest BCUT2D eigenvalue weighted by Gasteiger charge is -2.36. The minimum atomic E-state index is -4.46. The average molecular weight is 504 g/mol. The van der Waals surface area contributed by atoms with Crippen LogP contribution in [0.5, 0.6) is 0 Å². The fraction of sp³-hybridized carbons (Fsp3) is 0.400. The molecule has 0 radical (unpaired) electrons. The summed E-state index contributed by atoms with van der Waals surface area (Å²) in [6, 6.07) is 10.3. The number of anilines is 3. The molecule has 0 aromatic heterocycles. The Morgan fingerprint density at radius 3 is 2.08 bits per heavy atom. The maximum absolute atomic E-state index is 13.1. The summed E-state index contributed by atoms with van der Waals surface area (Å²) < 4.78 is 38.1. The summed E-state index contributed by atoms with van der Waals surface area (Å²) in [7, 11) is 0. The van der Waals surface area contributed by atoms with E-state index in [1.54, 1.807) is 11.8 Å². The van der Waals surface area contributed by atoms with Crippen LogP contribution in [0.3, 0.4) is 0 Å². The van der Waals surface area contributed by atoms with Crippen molar-refractivity contribution in [2.75, 3.05) is 47.8 Å². The summed E-state index contributed by atoms with van der Waals surface area (Å²) in [6.45, 7) is 4.91. The van der Waals surface area contributed by atoms with Crippen molar-refractivity contribution in [1.29, 1.82) is 0 Å². The first kappa shape index (κ1) is 25.3. The second-order valence-electron chi connectivity index (χ2n) is 8.87. The number of piperazine rings is 1. The van der Waals surface area contributed by atoms with Crippen LogP contribution in [-0.2, 0) is 15.8 Å². The van der Waals surface area contributed by atoms with Crippen molar-refractivity contribution in [3.8, 4) is 0 Å². The molecule has 4 amide bonds. The highest BCUT2D eigenvalue weighted by Crippen LogP contribution is 2.30. The van der Waals surface area contributed by atoms with Crippen LogP contribution in [0, 0.1) is 0 Å². The predicted molar refractivity (Wildman–Crippen MR) is 130 cm³/mol. The van der Waals surface area contributed by atoms with Gasteiger partial charge in [-0.3, -0.25) is 9.59 Å². The van der Waals surface area contributed by atoms with Gasteiger partial charge in [0.25, 0.3) is 0 Å². The number of carbonyl (C=O) groups is 3. The number of nitrogens with zero attached hydrogens (tertiary/aromatic N) is 3. The largest absolute Gasteiger partial charge is 0.416 e. The fourth-order valence-corrected chi connectivity index (χ4v) is 4.46. The highest BCUT2D eigenvalue weighted by molar-refractivity contribution is 6.01. The highest BCUT2D eigenvalue weighted by atomic mass is 19.4. The Morgan fingerprint density at radius 2 is 1.50 bits per heavy atom. The monoisotopic (exact) mass is 503 g/mol. The van der Waals surface area contributed by atoms with Crippen LogP contribution < -0.4 is 20.4 Å². The maximum atomic E-state index is 13.1. The van der Waals surface area contributed by atoms with E-state index < -0.39 is 23.8 Å². The van der Waals surface area contributed by atoms with Gasteiger partial charge in [0.1, 0.15) is 6.04 Å². The van der Waals surface area contributed by atoms with E-state index in [0.717, 1.165) is 36.6 Å². The molecule has 36 heavy (non-hydrogen) atoms. The smallest absolute Gasteiger partial charge is 0.368 e. The third kappa shape index (κ3) is 5.89. The molecule has 2 saturated heterocycles. The van der Waals surface area contributed by atoms with Crippen molar-refractivity contribution in [2.24, 2.45) is 0 Å². The molecule has 0 saturated carbocycles. The van der Waals surface area contributed by atoms with Crippen LogP contribution in [0.2, 0.25) is 0 Å². The molecule has 4 rings (SSSR count). The number of urea groups is 1. The number of amides is 4. The van der Waals surface area contributed by atoms with Crippen molar-refractivity contribution >= 4 is 34.9 Å². The van der Waals surface area contributed by atoms with Gasteiger partial charge in [-0.25, -0.2) is 4.79 Å². The van der Waals surface area contributed by atoms with Gasteiger partial charge in [-0.2, -0.15) is 13.2 Å². The Balaban J connectivity index is 1.33. The summed E-state index contributed by atoms with van der Waals surface area (Å²) in [5.74, 6) is -0.170. The minimum Gasteiger partial charge on any atom is -0.368 e. The molecular formula is C25H28F3N5O3. The number of rotatable bonds is 4. The van der Waals surface area contributed by atoms with Gasteiger partial charge >= 0.3 is 12.2 Å². The average Bonchev–Trinajstić information content (AvgIpc) is 2.85. The Labute approximate surface area is 207 Å². The quantitative estimate of drug-likeness (QED) is 0.667. The molecule has 2 fully saturated rings. The standard InChI is InChI=1S/C25H28F3N5O3/c1-17(34)31-13-15-32(16-14-31)20-8-10-21(11-9-20)33-12-2-3-22(23(33)35)30-24(36)29-19-6-4-18(5-7-19)25(26,27)28/h4-11,22H,2-3,12-16H2,1H3,(H2,29,30,36). The Kier molecular flexibility index (Phi) is 7.37. The van der Waals surface area contributed by atoms with E-state index in [0.29, 0.717) is 32.5 Å². The summed E-state index contributed by atoms with van der Waals surface area (Å²) in [5.41, 5.74) is 1.12. The van der Waals surface area contributed by atoms with Gasteiger partial charge in [-0.15, -0.1) is 0 Å². The first-order valence-corrected chi connectivity index (χ1v) is 11.8. The lowest BCUT2D eigenvalue weighted by molar-refractivity contribution is -0.137. The van der Waals surface area contributed by atoms with Crippen molar-refractivity contribution < 1.29 is 27.6 Å². The molecule has 2 aliphatic heterocycles. The number of carbonyl (C=O) groups excluding carboxylic acids is 3. The molecule has 0 spiro atoms. The van der Waals surface area contributed by atoms with Gasteiger partial charge < -0.3 is 25.3 Å². The third-order valence-electron chi connectivity index (χ3n) is 6.47. The lowest BCUT2D eigenvalue weighted by atomic mass is 10.0. The van der Waals surface area contributed by atoms with Gasteiger partial charge in [0, 0.05) is 56.7 Å². The van der Waals surface area contributed by atoms with Crippen molar-refractivity contribution in [3.05, 3.63) is 54.1 Å². The van der Waals surface area contributed by atoms with Gasteiger partial charge in [0.2, 0.25) is 11.8 Å². The summed E-state index contributed by atoms with van der Waals surface area (Å²) in [4.78, 5) is 42.6. The van der Waals surface area contributed by atoms with Crippen LogP contribution in [0.1, 0.15) is 25.3 Å². The van der Waals surface area contributed by atoms with E-state index in [4.69, 9.17) is 0 Å². The van der Waals surface area contributed by atoms with Crippen LogP contribution >= 0.6 is 0 Å². The fourth-order valence-electron chi connectivity index (χ4n) is 4.46. The summed E-state index contributed by atoms with van der Waals surface area (Å²) >= 11 is 0. The number of hydrogen-bond acceptors (Lipinski definition) is 4. The van der Waals surface area contributed by atoms with Crippen LogP contribution in [0.25, 0.3) is 0 Å². The van der Waals surface area contributed by atoms with Crippen LogP contribution in [0.15, 0.2) is 48.5 Å². The predicted octanol–water partition coefficient (Wildman–Crippen LogP) is 3.69. The molecule has 11 heteroatoms. The van der Waals surface area contributed by atoms with Gasteiger partial charge in [0.15, 0.2) is 0 Å². The molecule has 192 valence electrons. The molecule has 2 heterocycles. The Hall–Kier alpha value is -3.76. The van der Waals surface area contributed by atoms with E-state index in [1.165, 1.54) is 12.1 Å². The van der Waals surface area contributed by atoms with Crippen molar-refractivity contribution in [1.82, 2.24) is 10.2 Å². The van der Waals surface area contributed by atoms with Crippen LogP contribution in [-0.4, -0.2) is 61.5 Å². The lowest BCUT2D eigenvalue weighted by Crippen LogP contribution is -2.53. The molecule has 8 nitrogen and oxygen atoms in total. The van der Waals surface area contributed by atoms with E-state index in [1.807, 2.05) is 29.2 Å². The van der Waals surface area contributed by atoms with E-state index in [2.05, 4.69) is 15.5 Å². The molecule has 2 aliphatic rings. The number of hydrogen-bond donors (Lipinski definition) is 2. The molecule has 1 unspecified atom stereocenters. The van der Waals surface area contributed by atoms with Crippen LogP contribution in [0.4, 0.5) is 35.0 Å². The number of halogens is 3. The summed E-state index contributed by atoms with van der Waals surface area (Å²) in [5, 5.41) is 5.11. The topological polar surface area (TPSA) is 85.0 Å². The van der Waals surface area contributed by atoms with Crippen molar-refractivity contribution in [3.63, 3.8) is 0 Å². The Morgan fingerprint density at radius 1 is 0.889 bits per heavy atom. The minimum absolute atomic E-state index is 0.0739. The first-order valence-electron chi connectivity index (χ1n) is 11.8. The number of benzene rings is 2. The normalized spacial score (nSPS) is 18.7. The molecule has 1 atom stereocenters. The van der Waals surface area contributed by atoms with E-state index in [-0.39, 0.29) is 17.5 Å². The second kappa shape index (κ2) is 10.5. The van der Waals surface area contributed by atoms with E-state index in [9.17, 15) is 27.6 Å². The SMILES string of the molecule is CC(=O)N1CCN(c2ccc(N3CCCC(NC(=O)Nc4ccc(C(F)(F)F)cc4)C3=O)cc2)CC1. The van der Waals surface area contributed by atoms with Gasteiger partial charge in [-0.05, 0) is 61.4 Å². The zero-order valence-corrected chi connectivity index (χ0v) is 19.8. The number of piperidine rings is 1. The third-order valence-corrected chi connectivity index (χ3v) is 6.47. The van der Waals surface area contributed by atoms with Gasteiger partial charge in [-0.1, -0.05) is 0 Å². The van der Waals surface area contributed by atoms with Gasteiger partial charge in [0.05, 0.1) is 5.56 Å². The second-order valence-corrected chi connectivity index (χ2v) is 8.87. The van der Waals surface area contributed by atoms with E-state index >= 15 is 0 Å². The zero-order chi connectivity index (χ0) is 25.9. The molecule has 2 aromatic carbocycles. The molecular weight excluding hydrogens is 475 g/mol. The highest BCUT2D eigenvalue weighted by Gasteiger charge is 2.32. The maximum Gasteiger partial charge on any atom is 0.416 e. The zero-order valence-electron chi connectivity index (χ0n) is 19.8. The summed E-state index contributed by atoms with van der Waals surface area (Å²) in [6.07, 6.45) is -3.30. The number of nitrogens with one attached hydrogen (secondary N) is 2. The molecule has 2 N–H and O–H groups in total. The number of alkyl halides is 3. The molecule has 2 aromatic rings.